The molecule has 1 aromatic heterocycles. The van der Waals surface area contributed by atoms with Gasteiger partial charge in [0.05, 0.1) is 0 Å². The highest BCUT2D eigenvalue weighted by molar-refractivity contribution is 9.10. The summed E-state index contributed by atoms with van der Waals surface area (Å²) >= 11 is 3.40. The van der Waals surface area contributed by atoms with Crippen molar-refractivity contribution in [2.45, 2.75) is 31.6 Å². The first-order valence-corrected chi connectivity index (χ1v) is 10.6. The van der Waals surface area contributed by atoms with Crippen LogP contribution < -0.4 is 4.90 Å². The number of carbonyl (C=O) groups excluding carboxylic acids is 1. The zero-order valence-electron chi connectivity index (χ0n) is 15.0. The maximum atomic E-state index is 12.8. The summed E-state index contributed by atoms with van der Waals surface area (Å²) in [6, 6.07) is 6.93. The summed E-state index contributed by atoms with van der Waals surface area (Å²) in [4.78, 5) is 14.3. The minimum atomic E-state index is -3.62. The number of anilines is 1. The lowest BCUT2D eigenvalue weighted by Crippen LogP contribution is -2.28. The molecule has 1 aromatic carbocycles. The molecule has 0 aliphatic carbocycles. The molecule has 6 nitrogen and oxygen atoms in total. The van der Waals surface area contributed by atoms with E-state index in [1.54, 1.807) is 14.0 Å². The predicted octanol–water partition coefficient (Wildman–Crippen LogP) is 3.72. The predicted molar refractivity (Wildman–Crippen MR) is 103 cm³/mol. The Bertz CT molecular complexity index is 946. The van der Waals surface area contributed by atoms with Gasteiger partial charge >= 0.3 is 0 Å². The van der Waals surface area contributed by atoms with Gasteiger partial charge in [-0.3, -0.25) is 4.79 Å². The van der Waals surface area contributed by atoms with Crippen LogP contribution in [0.15, 0.2) is 38.1 Å². The van der Waals surface area contributed by atoms with Crippen LogP contribution in [0.3, 0.4) is 0 Å². The van der Waals surface area contributed by atoms with Crippen molar-refractivity contribution in [1.29, 1.82) is 0 Å². The van der Waals surface area contributed by atoms with Crippen LogP contribution in [0.5, 0.6) is 0 Å². The number of amides is 1. The molecule has 1 aliphatic rings. The highest BCUT2D eigenvalue weighted by atomic mass is 79.9. The molecule has 1 fully saturated rings. The topological polar surface area (TPSA) is 70.8 Å². The Kier molecular flexibility index (Phi) is 5.28. The first-order chi connectivity index (χ1) is 12.2. The van der Waals surface area contributed by atoms with Gasteiger partial charge in [-0.1, -0.05) is 15.9 Å². The van der Waals surface area contributed by atoms with Crippen LogP contribution in [0.2, 0.25) is 0 Å². The average Bonchev–Trinajstić information content (AvgIpc) is 3.23. The number of sulfonamides is 1. The molecule has 26 heavy (non-hydrogen) atoms. The molecule has 2 heterocycles. The average molecular weight is 441 g/mol. The molecule has 1 saturated heterocycles. The van der Waals surface area contributed by atoms with Gasteiger partial charge in [0.2, 0.25) is 10.0 Å². The van der Waals surface area contributed by atoms with Crippen molar-refractivity contribution in [1.82, 2.24) is 4.31 Å². The Hall–Kier alpha value is -1.64. The molecular weight excluding hydrogens is 420 g/mol. The zero-order valence-corrected chi connectivity index (χ0v) is 17.4. The van der Waals surface area contributed by atoms with Gasteiger partial charge in [-0.05, 0) is 50.5 Å². The molecule has 0 saturated carbocycles. The number of benzene rings is 1. The fourth-order valence-electron chi connectivity index (χ4n) is 3.16. The second-order valence-corrected chi connectivity index (χ2v) is 9.26. The number of aryl methyl sites for hydroxylation is 2. The van der Waals surface area contributed by atoms with Crippen molar-refractivity contribution in [2.75, 3.05) is 25.0 Å². The standard InChI is InChI=1S/C18H21BrN2O4S/c1-12-10-14(19)6-7-15(12)20(3)18(22)16-11-17(13(2)25-16)26(23,24)21-8-4-5-9-21/h6-7,10-11H,4-5,8-9H2,1-3H3. The minimum Gasteiger partial charge on any atom is -0.455 e. The Morgan fingerprint density at radius 2 is 1.85 bits per heavy atom. The van der Waals surface area contributed by atoms with Crippen molar-refractivity contribution >= 4 is 37.5 Å². The van der Waals surface area contributed by atoms with E-state index in [2.05, 4.69) is 15.9 Å². The van der Waals surface area contributed by atoms with E-state index in [9.17, 15) is 13.2 Å². The van der Waals surface area contributed by atoms with Crippen molar-refractivity contribution in [2.24, 2.45) is 0 Å². The van der Waals surface area contributed by atoms with E-state index in [1.165, 1.54) is 15.3 Å². The molecule has 3 rings (SSSR count). The second-order valence-electron chi connectivity index (χ2n) is 6.44. The summed E-state index contributed by atoms with van der Waals surface area (Å²) in [6.07, 6.45) is 1.71. The highest BCUT2D eigenvalue weighted by Crippen LogP contribution is 2.29. The summed E-state index contributed by atoms with van der Waals surface area (Å²) in [5.74, 6) is -0.132. The monoisotopic (exact) mass is 440 g/mol. The number of hydrogen-bond donors (Lipinski definition) is 0. The van der Waals surface area contributed by atoms with Gasteiger partial charge in [-0.15, -0.1) is 0 Å². The van der Waals surface area contributed by atoms with Crippen LogP contribution in [0.4, 0.5) is 5.69 Å². The lowest BCUT2D eigenvalue weighted by molar-refractivity contribution is 0.0965. The van der Waals surface area contributed by atoms with Gasteiger partial charge in [0.1, 0.15) is 10.7 Å². The fourth-order valence-corrected chi connectivity index (χ4v) is 5.32. The number of nitrogens with zero attached hydrogens (tertiary/aromatic N) is 2. The summed E-state index contributed by atoms with van der Waals surface area (Å²) in [6.45, 7) is 4.49. The maximum Gasteiger partial charge on any atom is 0.293 e. The van der Waals surface area contributed by atoms with Crippen LogP contribution >= 0.6 is 15.9 Å². The lowest BCUT2D eigenvalue weighted by atomic mass is 10.2. The quantitative estimate of drug-likeness (QED) is 0.725. The number of furan rings is 1. The van der Waals surface area contributed by atoms with Gasteiger partial charge in [-0.2, -0.15) is 4.31 Å². The zero-order chi connectivity index (χ0) is 19.1. The van der Waals surface area contributed by atoms with E-state index in [0.717, 1.165) is 28.6 Å². The Morgan fingerprint density at radius 1 is 1.19 bits per heavy atom. The van der Waals surface area contributed by atoms with Crippen LogP contribution in [0, 0.1) is 13.8 Å². The fraction of sp³-hybridized carbons (Fsp3) is 0.389. The molecule has 140 valence electrons. The number of carbonyl (C=O) groups is 1. The van der Waals surface area contributed by atoms with Crippen LogP contribution in [-0.4, -0.2) is 38.8 Å². The number of rotatable bonds is 4. The normalized spacial score (nSPS) is 15.4. The SMILES string of the molecule is Cc1cc(Br)ccc1N(C)C(=O)c1cc(S(=O)(=O)N2CCCC2)c(C)o1. The number of hydrogen-bond acceptors (Lipinski definition) is 4. The Labute approximate surface area is 162 Å². The molecule has 0 spiro atoms. The van der Waals surface area contributed by atoms with E-state index in [-0.39, 0.29) is 22.3 Å². The third-order valence-corrected chi connectivity index (χ3v) is 7.09. The van der Waals surface area contributed by atoms with Crippen LogP contribution in [-0.2, 0) is 10.0 Å². The lowest BCUT2D eigenvalue weighted by Gasteiger charge is -2.18. The van der Waals surface area contributed by atoms with Gasteiger partial charge in [-0.25, -0.2) is 8.42 Å². The molecule has 0 radical (unpaired) electrons. The van der Waals surface area contributed by atoms with E-state index in [1.807, 2.05) is 25.1 Å². The van der Waals surface area contributed by atoms with Crippen molar-refractivity contribution in [3.05, 3.63) is 45.8 Å². The Morgan fingerprint density at radius 3 is 2.46 bits per heavy atom. The van der Waals surface area contributed by atoms with Gasteiger partial charge in [0, 0.05) is 36.4 Å². The molecular formula is C18H21BrN2O4S. The molecule has 0 bridgehead atoms. The van der Waals surface area contributed by atoms with Crippen LogP contribution in [0.1, 0.15) is 34.7 Å². The highest BCUT2D eigenvalue weighted by Gasteiger charge is 2.32. The van der Waals surface area contributed by atoms with E-state index >= 15 is 0 Å². The molecule has 0 N–H and O–H groups in total. The Balaban J connectivity index is 1.91. The van der Waals surface area contributed by atoms with E-state index < -0.39 is 10.0 Å². The largest absolute Gasteiger partial charge is 0.455 e. The maximum absolute atomic E-state index is 12.8. The first kappa shape index (κ1) is 19.1. The van der Waals surface area contributed by atoms with Crippen molar-refractivity contribution in [3.63, 3.8) is 0 Å². The van der Waals surface area contributed by atoms with Crippen molar-refractivity contribution < 1.29 is 17.6 Å². The molecule has 0 atom stereocenters. The van der Waals surface area contributed by atoms with E-state index in [4.69, 9.17) is 4.42 Å². The first-order valence-electron chi connectivity index (χ1n) is 8.36. The van der Waals surface area contributed by atoms with Crippen LogP contribution in [0.25, 0.3) is 0 Å². The van der Waals surface area contributed by atoms with Gasteiger partial charge < -0.3 is 9.32 Å². The van der Waals surface area contributed by atoms with Gasteiger partial charge in [0.15, 0.2) is 5.76 Å². The third kappa shape index (κ3) is 3.45. The summed E-state index contributed by atoms with van der Waals surface area (Å²) in [5, 5.41) is 0. The summed E-state index contributed by atoms with van der Waals surface area (Å²) in [7, 11) is -1.98. The van der Waals surface area contributed by atoms with Crippen molar-refractivity contribution in [3.8, 4) is 0 Å². The molecule has 1 aliphatic heterocycles. The summed E-state index contributed by atoms with van der Waals surface area (Å²) in [5.41, 5.74) is 1.65. The van der Waals surface area contributed by atoms with Gasteiger partial charge in [0.25, 0.3) is 5.91 Å². The molecule has 2 aromatic rings. The smallest absolute Gasteiger partial charge is 0.293 e. The molecule has 0 unspecified atom stereocenters. The molecule has 8 heteroatoms. The molecule has 1 amide bonds. The number of halogens is 1. The third-order valence-electron chi connectivity index (χ3n) is 4.59. The van der Waals surface area contributed by atoms with E-state index in [0.29, 0.717) is 13.1 Å². The second kappa shape index (κ2) is 7.17. The summed E-state index contributed by atoms with van der Waals surface area (Å²) < 4.78 is 33.4. The minimum absolute atomic E-state index is 0.0186.